The van der Waals surface area contributed by atoms with E-state index in [4.69, 9.17) is 10.5 Å². The van der Waals surface area contributed by atoms with Gasteiger partial charge in [-0.15, -0.1) is 0 Å². The molecule has 0 aliphatic rings. The number of hydrogen-bond acceptors (Lipinski definition) is 4. The second kappa shape index (κ2) is 8.26. The van der Waals surface area contributed by atoms with Gasteiger partial charge in [0.1, 0.15) is 0 Å². The first-order valence-electron chi connectivity index (χ1n) is 7.20. The first kappa shape index (κ1) is 16.1. The minimum Gasteiger partial charge on any atom is -0.383 e. The van der Waals surface area contributed by atoms with Gasteiger partial charge in [0.15, 0.2) is 0 Å². The van der Waals surface area contributed by atoms with E-state index in [9.17, 15) is 4.79 Å². The molecular weight excluding hydrogens is 278 g/mol. The Labute approximate surface area is 130 Å². The van der Waals surface area contributed by atoms with Crippen LogP contribution in [0.2, 0.25) is 0 Å². The molecule has 5 nitrogen and oxygen atoms in total. The Hall–Kier alpha value is -2.24. The smallest absolute Gasteiger partial charge is 0.254 e. The molecule has 116 valence electrons. The normalized spacial score (nSPS) is 10.5. The fourth-order valence-corrected chi connectivity index (χ4v) is 2.13. The molecule has 0 aliphatic carbocycles. The zero-order chi connectivity index (χ0) is 15.8. The second-order valence-corrected chi connectivity index (χ2v) is 4.98. The molecule has 2 aromatic rings. The van der Waals surface area contributed by atoms with Crippen molar-refractivity contribution in [2.75, 3.05) is 20.3 Å². The van der Waals surface area contributed by atoms with Gasteiger partial charge < -0.3 is 15.4 Å². The van der Waals surface area contributed by atoms with E-state index in [1.807, 2.05) is 36.4 Å². The monoisotopic (exact) mass is 299 g/mol. The highest BCUT2D eigenvalue weighted by Gasteiger charge is 2.16. The first-order valence-corrected chi connectivity index (χ1v) is 7.20. The third-order valence-corrected chi connectivity index (χ3v) is 3.39. The van der Waals surface area contributed by atoms with Crippen molar-refractivity contribution >= 4 is 5.91 Å². The molecule has 0 unspecified atom stereocenters. The number of methoxy groups -OCH3 is 1. The zero-order valence-corrected chi connectivity index (χ0v) is 12.7. The SMILES string of the molecule is COCCN(Cc1cccnc1)C(=O)c1ccc(CN)cc1. The molecule has 0 aliphatic heterocycles. The summed E-state index contributed by atoms with van der Waals surface area (Å²) in [5.74, 6) is -0.0236. The van der Waals surface area contributed by atoms with Crippen LogP contribution in [0.15, 0.2) is 48.8 Å². The van der Waals surface area contributed by atoms with Crippen LogP contribution in [-0.4, -0.2) is 36.1 Å². The number of amides is 1. The molecule has 0 saturated carbocycles. The summed E-state index contributed by atoms with van der Waals surface area (Å²) < 4.78 is 5.11. The van der Waals surface area contributed by atoms with Gasteiger partial charge in [-0.1, -0.05) is 18.2 Å². The number of hydrogen-bond donors (Lipinski definition) is 1. The molecule has 22 heavy (non-hydrogen) atoms. The Morgan fingerprint density at radius 3 is 2.59 bits per heavy atom. The molecule has 5 heteroatoms. The highest BCUT2D eigenvalue weighted by molar-refractivity contribution is 5.94. The number of carbonyl (C=O) groups is 1. The molecule has 2 rings (SSSR count). The Balaban J connectivity index is 2.14. The number of nitrogens with two attached hydrogens (primary N) is 1. The summed E-state index contributed by atoms with van der Waals surface area (Å²) >= 11 is 0. The van der Waals surface area contributed by atoms with Gasteiger partial charge >= 0.3 is 0 Å². The van der Waals surface area contributed by atoms with E-state index in [0.29, 0.717) is 31.8 Å². The zero-order valence-electron chi connectivity index (χ0n) is 12.7. The fraction of sp³-hybridized carbons (Fsp3) is 0.294. The van der Waals surface area contributed by atoms with Crippen LogP contribution in [0.5, 0.6) is 0 Å². The Morgan fingerprint density at radius 2 is 2.00 bits per heavy atom. The van der Waals surface area contributed by atoms with Crippen LogP contribution in [0.1, 0.15) is 21.5 Å². The number of nitrogens with zero attached hydrogens (tertiary/aromatic N) is 2. The lowest BCUT2D eigenvalue weighted by molar-refractivity contribution is 0.0680. The summed E-state index contributed by atoms with van der Waals surface area (Å²) in [6, 6.07) is 11.2. The van der Waals surface area contributed by atoms with Crippen molar-refractivity contribution in [3.8, 4) is 0 Å². The van der Waals surface area contributed by atoms with Gasteiger partial charge in [-0.3, -0.25) is 9.78 Å². The van der Waals surface area contributed by atoms with E-state index in [-0.39, 0.29) is 5.91 Å². The van der Waals surface area contributed by atoms with Crippen molar-refractivity contribution in [2.24, 2.45) is 5.73 Å². The van der Waals surface area contributed by atoms with Crippen molar-refractivity contribution in [1.82, 2.24) is 9.88 Å². The summed E-state index contributed by atoms with van der Waals surface area (Å²) in [6.45, 7) is 2.00. The molecule has 0 bridgehead atoms. The maximum Gasteiger partial charge on any atom is 0.254 e. The molecular formula is C17H21N3O2. The van der Waals surface area contributed by atoms with Crippen LogP contribution >= 0.6 is 0 Å². The number of carbonyl (C=O) groups excluding carboxylic acids is 1. The standard InChI is InChI=1S/C17H21N3O2/c1-22-10-9-20(13-15-3-2-8-19-12-15)17(21)16-6-4-14(11-18)5-7-16/h2-8,12H,9-11,13,18H2,1H3. The number of benzene rings is 1. The lowest BCUT2D eigenvalue weighted by atomic mass is 10.1. The van der Waals surface area contributed by atoms with E-state index < -0.39 is 0 Å². The maximum absolute atomic E-state index is 12.7. The van der Waals surface area contributed by atoms with Crippen LogP contribution in [0, 0.1) is 0 Å². The van der Waals surface area contributed by atoms with E-state index >= 15 is 0 Å². The molecule has 1 aromatic carbocycles. The average Bonchev–Trinajstić information content (AvgIpc) is 2.59. The third kappa shape index (κ3) is 4.38. The van der Waals surface area contributed by atoms with Gasteiger partial charge in [-0.25, -0.2) is 0 Å². The molecule has 1 aromatic heterocycles. The highest BCUT2D eigenvalue weighted by atomic mass is 16.5. The van der Waals surface area contributed by atoms with Crippen LogP contribution < -0.4 is 5.73 Å². The van der Waals surface area contributed by atoms with Gasteiger partial charge in [0, 0.05) is 44.7 Å². The molecule has 0 radical (unpaired) electrons. The van der Waals surface area contributed by atoms with Gasteiger partial charge in [0.05, 0.1) is 6.61 Å². The van der Waals surface area contributed by atoms with Gasteiger partial charge in [-0.2, -0.15) is 0 Å². The Kier molecular flexibility index (Phi) is 6.06. The van der Waals surface area contributed by atoms with Crippen molar-refractivity contribution in [1.29, 1.82) is 0 Å². The Bertz CT molecular complexity index is 585. The number of ether oxygens (including phenoxy) is 1. The second-order valence-electron chi connectivity index (χ2n) is 4.98. The van der Waals surface area contributed by atoms with E-state index in [1.54, 1.807) is 24.4 Å². The lowest BCUT2D eigenvalue weighted by Crippen LogP contribution is -2.33. The summed E-state index contributed by atoms with van der Waals surface area (Å²) in [6.07, 6.45) is 3.49. The summed E-state index contributed by atoms with van der Waals surface area (Å²) in [5, 5.41) is 0. The van der Waals surface area contributed by atoms with E-state index in [2.05, 4.69) is 4.98 Å². The predicted octanol–water partition coefficient (Wildman–Crippen LogP) is 1.83. The van der Waals surface area contributed by atoms with E-state index in [1.165, 1.54) is 0 Å². The topological polar surface area (TPSA) is 68.5 Å². The van der Waals surface area contributed by atoms with Crippen molar-refractivity contribution < 1.29 is 9.53 Å². The molecule has 0 fully saturated rings. The van der Waals surface area contributed by atoms with Gasteiger partial charge in [0.2, 0.25) is 0 Å². The highest BCUT2D eigenvalue weighted by Crippen LogP contribution is 2.11. The molecule has 0 atom stereocenters. The number of pyridine rings is 1. The van der Waals surface area contributed by atoms with Crippen molar-refractivity contribution in [3.63, 3.8) is 0 Å². The van der Waals surface area contributed by atoms with Crippen LogP contribution in [0.4, 0.5) is 0 Å². The largest absolute Gasteiger partial charge is 0.383 e. The fourth-order valence-electron chi connectivity index (χ4n) is 2.13. The molecule has 2 N–H and O–H groups in total. The molecule has 0 spiro atoms. The molecule has 1 heterocycles. The minimum absolute atomic E-state index is 0.0236. The van der Waals surface area contributed by atoms with Crippen LogP contribution in [-0.2, 0) is 17.8 Å². The summed E-state index contributed by atoms with van der Waals surface area (Å²) in [4.78, 5) is 18.5. The first-order chi connectivity index (χ1) is 10.7. The van der Waals surface area contributed by atoms with Crippen LogP contribution in [0.3, 0.4) is 0 Å². The lowest BCUT2D eigenvalue weighted by Gasteiger charge is -2.22. The maximum atomic E-state index is 12.7. The van der Waals surface area contributed by atoms with Gasteiger partial charge in [-0.05, 0) is 29.3 Å². The van der Waals surface area contributed by atoms with Crippen molar-refractivity contribution in [3.05, 3.63) is 65.5 Å². The summed E-state index contributed by atoms with van der Waals surface area (Å²) in [5.41, 5.74) is 8.23. The third-order valence-electron chi connectivity index (χ3n) is 3.39. The molecule has 0 saturated heterocycles. The Morgan fingerprint density at radius 1 is 1.23 bits per heavy atom. The summed E-state index contributed by atoms with van der Waals surface area (Å²) in [7, 11) is 1.63. The average molecular weight is 299 g/mol. The van der Waals surface area contributed by atoms with Gasteiger partial charge in [0.25, 0.3) is 5.91 Å². The number of aromatic nitrogens is 1. The van der Waals surface area contributed by atoms with Crippen molar-refractivity contribution in [2.45, 2.75) is 13.1 Å². The minimum atomic E-state index is -0.0236. The predicted molar refractivity (Wildman–Crippen MR) is 85.2 cm³/mol. The molecule has 1 amide bonds. The van der Waals surface area contributed by atoms with Crippen LogP contribution in [0.25, 0.3) is 0 Å². The number of rotatable bonds is 7. The quantitative estimate of drug-likeness (QED) is 0.847. The van der Waals surface area contributed by atoms with E-state index in [0.717, 1.165) is 11.1 Å².